The summed E-state index contributed by atoms with van der Waals surface area (Å²) in [5.74, 6) is -1.06. The molecule has 1 aromatic carbocycles. The third-order valence-corrected chi connectivity index (χ3v) is 3.19. The molecule has 1 aliphatic rings. The summed E-state index contributed by atoms with van der Waals surface area (Å²) in [5.41, 5.74) is -0.472. The summed E-state index contributed by atoms with van der Waals surface area (Å²) in [6.45, 7) is 6.64. The van der Waals surface area contributed by atoms with E-state index in [2.05, 4.69) is 5.32 Å². The molecule has 1 amide bonds. The van der Waals surface area contributed by atoms with Gasteiger partial charge in [0, 0.05) is 25.2 Å². The normalized spacial score (nSPS) is 19.5. The van der Waals surface area contributed by atoms with Crippen LogP contribution >= 0.6 is 0 Å². The zero-order valence-corrected chi connectivity index (χ0v) is 12.5. The van der Waals surface area contributed by atoms with Crippen LogP contribution in [-0.4, -0.2) is 36.2 Å². The minimum atomic E-state index is -0.632. The summed E-state index contributed by atoms with van der Waals surface area (Å²) in [4.78, 5) is 13.7. The van der Waals surface area contributed by atoms with Gasteiger partial charge in [0.25, 0.3) is 0 Å². The number of hydrogen-bond donors (Lipinski definition) is 1. The topological polar surface area (TPSA) is 41.6 Å². The van der Waals surface area contributed by atoms with Gasteiger partial charge in [0.15, 0.2) is 0 Å². The van der Waals surface area contributed by atoms with Crippen LogP contribution in [0.3, 0.4) is 0 Å². The number of nitrogens with zero attached hydrogens (tertiary/aromatic N) is 1. The zero-order chi connectivity index (χ0) is 15.6. The van der Waals surface area contributed by atoms with E-state index in [4.69, 9.17) is 4.74 Å². The predicted octanol–water partition coefficient (Wildman–Crippen LogP) is 2.85. The monoisotopic (exact) mass is 298 g/mol. The average Bonchev–Trinajstić information content (AvgIpc) is 2.39. The third kappa shape index (κ3) is 3.91. The molecule has 0 aliphatic carbocycles. The van der Waals surface area contributed by atoms with Crippen molar-refractivity contribution < 1.29 is 18.3 Å². The van der Waals surface area contributed by atoms with Crippen LogP contribution in [0.5, 0.6) is 0 Å². The second-order valence-corrected chi connectivity index (χ2v) is 6.06. The Morgan fingerprint density at radius 3 is 2.76 bits per heavy atom. The first-order valence-electron chi connectivity index (χ1n) is 6.93. The van der Waals surface area contributed by atoms with Crippen LogP contribution in [0.2, 0.25) is 0 Å². The Morgan fingerprint density at radius 1 is 1.38 bits per heavy atom. The molecule has 1 saturated heterocycles. The van der Waals surface area contributed by atoms with Crippen molar-refractivity contribution in [3.63, 3.8) is 0 Å². The number of halogens is 2. The van der Waals surface area contributed by atoms with Crippen LogP contribution in [0.1, 0.15) is 32.4 Å². The Hall–Kier alpha value is -1.69. The van der Waals surface area contributed by atoms with Crippen molar-refractivity contribution in [3.8, 4) is 0 Å². The van der Waals surface area contributed by atoms with Gasteiger partial charge in [0.05, 0.1) is 6.04 Å². The van der Waals surface area contributed by atoms with Crippen molar-refractivity contribution >= 4 is 6.09 Å². The van der Waals surface area contributed by atoms with Crippen molar-refractivity contribution in [2.75, 3.05) is 19.6 Å². The Morgan fingerprint density at radius 2 is 2.10 bits per heavy atom. The van der Waals surface area contributed by atoms with Crippen LogP contribution in [0, 0.1) is 11.6 Å². The van der Waals surface area contributed by atoms with E-state index in [-0.39, 0.29) is 5.56 Å². The van der Waals surface area contributed by atoms with Gasteiger partial charge in [-0.1, -0.05) is 0 Å². The van der Waals surface area contributed by atoms with Crippen LogP contribution in [0.4, 0.5) is 13.6 Å². The molecule has 116 valence electrons. The van der Waals surface area contributed by atoms with Crippen molar-refractivity contribution in [2.45, 2.75) is 32.4 Å². The summed E-state index contributed by atoms with van der Waals surface area (Å²) >= 11 is 0. The number of carbonyl (C=O) groups excluding carboxylic acids is 1. The molecule has 1 heterocycles. The molecule has 1 atom stereocenters. The van der Waals surface area contributed by atoms with E-state index in [9.17, 15) is 13.6 Å². The number of nitrogens with one attached hydrogen (secondary N) is 1. The first kappa shape index (κ1) is 15.7. The fraction of sp³-hybridized carbons (Fsp3) is 0.533. The van der Waals surface area contributed by atoms with Gasteiger partial charge in [0.1, 0.15) is 17.2 Å². The van der Waals surface area contributed by atoms with Gasteiger partial charge in [-0.25, -0.2) is 13.6 Å². The predicted molar refractivity (Wildman–Crippen MR) is 74.9 cm³/mol. The highest BCUT2D eigenvalue weighted by Crippen LogP contribution is 2.27. The SMILES string of the molecule is CC(C)(C)OC(=O)N1CCNCC1c1cc(F)ccc1F. The summed E-state index contributed by atoms with van der Waals surface area (Å²) in [7, 11) is 0. The number of hydrogen-bond acceptors (Lipinski definition) is 3. The van der Waals surface area contributed by atoms with Gasteiger partial charge in [-0.15, -0.1) is 0 Å². The highest BCUT2D eigenvalue weighted by atomic mass is 19.1. The van der Waals surface area contributed by atoms with Crippen LogP contribution < -0.4 is 5.32 Å². The smallest absolute Gasteiger partial charge is 0.410 e. The van der Waals surface area contributed by atoms with Gasteiger partial charge in [-0.2, -0.15) is 0 Å². The maximum Gasteiger partial charge on any atom is 0.410 e. The van der Waals surface area contributed by atoms with E-state index in [1.807, 2.05) is 0 Å². The molecule has 1 unspecified atom stereocenters. The Balaban J connectivity index is 2.27. The van der Waals surface area contributed by atoms with Crippen LogP contribution in [0.25, 0.3) is 0 Å². The molecule has 2 rings (SSSR count). The second-order valence-electron chi connectivity index (χ2n) is 6.06. The van der Waals surface area contributed by atoms with Crippen molar-refractivity contribution in [3.05, 3.63) is 35.4 Å². The first-order valence-corrected chi connectivity index (χ1v) is 6.93. The van der Waals surface area contributed by atoms with Gasteiger partial charge < -0.3 is 10.1 Å². The van der Waals surface area contributed by atoms with Crippen LogP contribution in [0.15, 0.2) is 18.2 Å². The second kappa shape index (κ2) is 5.97. The van der Waals surface area contributed by atoms with Crippen LogP contribution in [-0.2, 0) is 4.74 Å². The van der Waals surface area contributed by atoms with E-state index in [0.29, 0.717) is 19.6 Å². The molecule has 0 aromatic heterocycles. The molecular formula is C15H20F2N2O2. The summed E-state index contributed by atoms with van der Waals surface area (Å²) in [5, 5.41) is 3.09. The number of carbonyl (C=O) groups is 1. The van der Waals surface area contributed by atoms with Crippen molar-refractivity contribution in [1.29, 1.82) is 0 Å². The van der Waals surface area contributed by atoms with E-state index in [0.717, 1.165) is 18.2 Å². The number of ether oxygens (including phenoxy) is 1. The summed E-state index contributed by atoms with van der Waals surface area (Å²) in [6, 6.07) is 2.69. The Labute approximate surface area is 123 Å². The van der Waals surface area contributed by atoms with Gasteiger partial charge in [0.2, 0.25) is 0 Å². The molecule has 1 aromatic rings. The molecular weight excluding hydrogens is 278 g/mol. The molecule has 1 N–H and O–H groups in total. The van der Waals surface area contributed by atoms with E-state index < -0.39 is 29.4 Å². The molecule has 0 spiro atoms. The minimum Gasteiger partial charge on any atom is -0.444 e. The average molecular weight is 298 g/mol. The lowest BCUT2D eigenvalue weighted by Crippen LogP contribution is -2.50. The number of rotatable bonds is 1. The van der Waals surface area contributed by atoms with Gasteiger partial charge in [-0.05, 0) is 39.0 Å². The fourth-order valence-electron chi connectivity index (χ4n) is 2.29. The standard InChI is InChI=1S/C15H20F2N2O2/c1-15(2,3)21-14(20)19-7-6-18-9-13(19)11-8-10(16)4-5-12(11)17/h4-5,8,13,18H,6-7,9H2,1-3H3. The molecule has 0 saturated carbocycles. The molecule has 1 fully saturated rings. The van der Waals surface area contributed by atoms with Crippen molar-refractivity contribution in [1.82, 2.24) is 10.2 Å². The maximum atomic E-state index is 14.0. The maximum absolute atomic E-state index is 14.0. The third-order valence-electron chi connectivity index (χ3n) is 3.19. The molecule has 0 radical (unpaired) electrons. The first-order chi connectivity index (χ1) is 9.78. The highest BCUT2D eigenvalue weighted by molar-refractivity contribution is 5.69. The number of amides is 1. The molecule has 4 nitrogen and oxygen atoms in total. The lowest BCUT2D eigenvalue weighted by atomic mass is 10.0. The Kier molecular flexibility index (Phi) is 4.46. The van der Waals surface area contributed by atoms with Gasteiger partial charge >= 0.3 is 6.09 Å². The lowest BCUT2D eigenvalue weighted by molar-refractivity contribution is 0.0114. The molecule has 21 heavy (non-hydrogen) atoms. The minimum absolute atomic E-state index is 0.160. The lowest BCUT2D eigenvalue weighted by Gasteiger charge is -2.37. The fourth-order valence-corrected chi connectivity index (χ4v) is 2.29. The quantitative estimate of drug-likeness (QED) is 0.867. The number of piperazine rings is 1. The zero-order valence-electron chi connectivity index (χ0n) is 12.5. The van der Waals surface area contributed by atoms with E-state index in [1.165, 1.54) is 4.90 Å². The molecule has 6 heteroatoms. The van der Waals surface area contributed by atoms with E-state index >= 15 is 0 Å². The van der Waals surface area contributed by atoms with Gasteiger partial charge in [-0.3, -0.25) is 4.90 Å². The molecule has 0 bridgehead atoms. The van der Waals surface area contributed by atoms with E-state index in [1.54, 1.807) is 20.8 Å². The van der Waals surface area contributed by atoms with Crippen molar-refractivity contribution in [2.24, 2.45) is 0 Å². The Bertz CT molecular complexity index is 529. The summed E-state index contributed by atoms with van der Waals surface area (Å²) in [6.07, 6.45) is -0.516. The molecule has 1 aliphatic heterocycles. The number of benzene rings is 1. The largest absolute Gasteiger partial charge is 0.444 e. The highest BCUT2D eigenvalue weighted by Gasteiger charge is 2.32. The summed E-state index contributed by atoms with van der Waals surface area (Å²) < 4.78 is 32.7.